The van der Waals surface area contributed by atoms with Crippen LogP contribution in [0.3, 0.4) is 0 Å². The third-order valence-electron chi connectivity index (χ3n) is 3.72. The molecule has 2 rings (SSSR count). The van der Waals surface area contributed by atoms with Crippen molar-refractivity contribution < 1.29 is 19.6 Å². The molecule has 1 aromatic carbocycles. The van der Waals surface area contributed by atoms with Gasteiger partial charge in [0.2, 0.25) is 0 Å². The number of rotatable bonds is 5. The largest absolute Gasteiger partial charge is 0.465 e. The van der Waals surface area contributed by atoms with Crippen molar-refractivity contribution in [3.05, 3.63) is 34.4 Å². The van der Waals surface area contributed by atoms with E-state index >= 15 is 0 Å². The quantitative estimate of drug-likeness (QED) is 0.474. The Morgan fingerprint density at radius 2 is 2.12 bits per heavy atom. The smallest absolute Gasteiger partial charge is 0.409 e. The van der Waals surface area contributed by atoms with Gasteiger partial charge in [0.15, 0.2) is 0 Å². The molecule has 1 aliphatic heterocycles. The number of piperidine rings is 1. The highest BCUT2D eigenvalue weighted by atomic mass is 35.5. The molecule has 0 spiro atoms. The molecule has 9 nitrogen and oxygen atoms in total. The van der Waals surface area contributed by atoms with Crippen LogP contribution in [0.25, 0.3) is 0 Å². The van der Waals surface area contributed by atoms with E-state index in [-0.39, 0.29) is 23.8 Å². The van der Waals surface area contributed by atoms with Gasteiger partial charge in [-0.1, -0.05) is 12.1 Å². The highest BCUT2D eigenvalue weighted by Gasteiger charge is 2.35. The Morgan fingerprint density at radius 3 is 2.75 bits per heavy atom. The number of amides is 2. The van der Waals surface area contributed by atoms with Gasteiger partial charge in [-0.2, -0.15) is 0 Å². The molecule has 1 aromatic rings. The molecule has 1 saturated heterocycles. The summed E-state index contributed by atoms with van der Waals surface area (Å²) in [6, 6.07) is 5.83. The van der Waals surface area contributed by atoms with Crippen LogP contribution in [-0.2, 0) is 4.79 Å². The van der Waals surface area contributed by atoms with Gasteiger partial charge in [0.25, 0.3) is 11.6 Å². The van der Waals surface area contributed by atoms with E-state index in [4.69, 9.17) is 11.6 Å². The highest BCUT2D eigenvalue weighted by Crippen LogP contribution is 2.31. The number of nitrogens with zero attached hydrogens (tertiary/aromatic N) is 3. The number of halogens is 1. The number of anilines is 1. The number of para-hydroxylation sites is 2. The SMILES string of the molecule is O=C(CCl)NN(c1ccccc1[N+](=O)[O-])C1CCCCN1C(=O)O. The van der Waals surface area contributed by atoms with Gasteiger partial charge in [-0.05, 0) is 25.3 Å². The molecule has 1 atom stereocenters. The molecule has 2 N–H and O–H groups in total. The van der Waals surface area contributed by atoms with Gasteiger partial charge in [0, 0.05) is 12.6 Å². The van der Waals surface area contributed by atoms with Crippen molar-refractivity contribution in [3.8, 4) is 0 Å². The van der Waals surface area contributed by atoms with E-state index in [1.165, 1.54) is 23.2 Å². The summed E-state index contributed by atoms with van der Waals surface area (Å²) in [6.45, 7) is 0.286. The first-order valence-electron chi connectivity index (χ1n) is 7.33. The van der Waals surface area contributed by atoms with Crippen molar-refractivity contribution in [1.29, 1.82) is 0 Å². The van der Waals surface area contributed by atoms with Crippen LogP contribution in [-0.4, -0.2) is 45.5 Å². The molecule has 24 heavy (non-hydrogen) atoms. The van der Waals surface area contributed by atoms with E-state index in [0.29, 0.717) is 12.8 Å². The van der Waals surface area contributed by atoms with Crippen LogP contribution in [0.5, 0.6) is 0 Å². The number of hydrogen-bond acceptors (Lipinski definition) is 5. The highest BCUT2D eigenvalue weighted by molar-refractivity contribution is 6.27. The number of nitro benzene ring substituents is 1. The molecule has 0 bridgehead atoms. The van der Waals surface area contributed by atoms with Gasteiger partial charge in [-0.25, -0.2) is 4.79 Å². The van der Waals surface area contributed by atoms with Crippen molar-refractivity contribution in [2.45, 2.75) is 25.4 Å². The first-order chi connectivity index (χ1) is 11.5. The van der Waals surface area contributed by atoms with E-state index < -0.39 is 23.1 Å². The number of benzene rings is 1. The minimum absolute atomic E-state index is 0.110. The summed E-state index contributed by atoms with van der Waals surface area (Å²) in [5.41, 5.74) is 2.36. The predicted molar refractivity (Wildman–Crippen MR) is 86.8 cm³/mol. The number of carboxylic acid groups (broad SMARTS) is 1. The lowest BCUT2D eigenvalue weighted by molar-refractivity contribution is -0.384. The summed E-state index contributed by atoms with van der Waals surface area (Å²) in [7, 11) is 0. The van der Waals surface area contributed by atoms with Gasteiger partial charge in [0.05, 0.1) is 4.92 Å². The molecular formula is C14H17ClN4O5. The van der Waals surface area contributed by atoms with E-state index in [2.05, 4.69) is 5.43 Å². The minimum atomic E-state index is -1.15. The summed E-state index contributed by atoms with van der Waals surface area (Å²) in [4.78, 5) is 35.1. The second-order valence-corrected chi connectivity index (χ2v) is 5.50. The maximum absolute atomic E-state index is 11.8. The van der Waals surface area contributed by atoms with Gasteiger partial charge < -0.3 is 5.11 Å². The van der Waals surface area contributed by atoms with Crippen molar-refractivity contribution in [1.82, 2.24) is 10.3 Å². The van der Waals surface area contributed by atoms with Crippen LogP contribution in [0, 0.1) is 10.1 Å². The Bertz CT molecular complexity index is 641. The number of alkyl halides is 1. The van der Waals surface area contributed by atoms with Crippen molar-refractivity contribution in [2.24, 2.45) is 0 Å². The number of hydrogen-bond donors (Lipinski definition) is 2. The number of carbonyl (C=O) groups is 2. The zero-order valence-electron chi connectivity index (χ0n) is 12.7. The van der Waals surface area contributed by atoms with E-state index in [1.807, 2.05) is 0 Å². The maximum atomic E-state index is 11.8. The van der Waals surface area contributed by atoms with Gasteiger partial charge >= 0.3 is 6.09 Å². The molecular weight excluding hydrogens is 340 g/mol. The third-order valence-corrected chi connectivity index (χ3v) is 3.96. The topological polar surface area (TPSA) is 116 Å². The molecule has 1 fully saturated rings. The monoisotopic (exact) mass is 356 g/mol. The molecule has 0 aromatic heterocycles. The lowest BCUT2D eigenvalue weighted by atomic mass is 10.1. The maximum Gasteiger partial charge on any atom is 0.409 e. The Balaban J connectivity index is 2.46. The normalized spacial score (nSPS) is 17.2. The van der Waals surface area contributed by atoms with Crippen LogP contribution in [0.1, 0.15) is 19.3 Å². The molecule has 1 aliphatic rings. The minimum Gasteiger partial charge on any atom is -0.465 e. The number of nitro groups is 1. The zero-order chi connectivity index (χ0) is 17.7. The molecule has 0 saturated carbocycles. The first-order valence-corrected chi connectivity index (χ1v) is 7.86. The molecule has 2 amide bonds. The second-order valence-electron chi connectivity index (χ2n) is 5.24. The lowest BCUT2D eigenvalue weighted by Gasteiger charge is -2.41. The van der Waals surface area contributed by atoms with E-state index in [1.54, 1.807) is 6.07 Å². The average Bonchev–Trinajstić information content (AvgIpc) is 2.59. The Morgan fingerprint density at radius 1 is 1.42 bits per heavy atom. The Labute approximate surface area is 142 Å². The molecule has 130 valence electrons. The molecule has 0 radical (unpaired) electrons. The van der Waals surface area contributed by atoms with Crippen LogP contribution in [0.15, 0.2) is 24.3 Å². The number of hydrazine groups is 1. The van der Waals surface area contributed by atoms with E-state index in [9.17, 15) is 24.8 Å². The molecule has 10 heteroatoms. The molecule has 1 heterocycles. The van der Waals surface area contributed by atoms with Crippen molar-refractivity contribution >= 4 is 35.0 Å². The predicted octanol–water partition coefficient (Wildman–Crippen LogP) is 2.16. The fourth-order valence-corrected chi connectivity index (χ4v) is 2.75. The fourth-order valence-electron chi connectivity index (χ4n) is 2.69. The van der Waals surface area contributed by atoms with E-state index in [0.717, 1.165) is 11.3 Å². The van der Waals surface area contributed by atoms with Gasteiger partial charge in [-0.3, -0.25) is 30.2 Å². The molecule has 0 aliphatic carbocycles. The second kappa shape index (κ2) is 7.82. The van der Waals surface area contributed by atoms with Crippen molar-refractivity contribution in [3.63, 3.8) is 0 Å². The van der Waals surface area contributed by atoms with Crippen molar-refractivity contribution in [2.75, 3.05) is 17.4 Å². The Kier molecular flexibility index (Phi) is 5.80. The zero-order valence-corrected chi connectivity index (χ0v) is 13.5. The van der Waals surface area contributed by atoms with Crippen LogP contribution in [0.2, 0.25) is 0 Å². The number of carbonyl (C=O) groups excluding carboxylic acids is 1. The summed E-state index contributed by atoms with van der Waals surface area (Å²) in [5.74, 6) is -0.928. The van der Waals surface area contributed by atoms with Crippen LogP contribution in [0.4, 0.5) is 16.2 Å². The van der Waals surface area contributed by atoms with Gasteiger partial charge in [-0.15, -0.1) is 11.6 Å². The molecule has 1 unspecified atom stereocenters. The van der Waals surface area contributed by atoms with Crippen LogP contribution >= 0.6 is 11.6 Å². The third kappa shape index (κ3) is 3.85. The Hall–Kier alpha value is -2.55. The lowest BCUT2D eigenvalue weighted by Crippen LogP contribution is -2.59. The summed E-state index contributed by atoms with van der Waals surface area (Å²) in [5, 5.41) is 21.9. The average molecular weight is 357 g/mol. The summed E-state index contributed by atoms with van der Waals surface area (Å²) in [6.07, 6.45) is -0.0341. The van der Waals surface area contributed by atoms with Crippen LogP contribution < -0.4 is 10.4 Å². The summed E-state index contributed by atoms with van der Waals surface area (Å²) >= 11 is 5.52. The standard InChI is InChI=1S/C14H17ClN4O5/c15-9-12(20)16-18(10-5-1-2-6-11(10)19(23)24)13-7-3-4-8-17(13)14(21)22/h1-2,5-6,13H,3-4,7-9H2,(H,16,20)(H,21,22). The summed E-state index contributed by atoms with van der Waals surface area (Å²) < 4.78 is 0. The van der Waals surface area contributed by atoms with Gasteiger partial charge in [0.1, 0.15) is 17.7 Å². The number of nitrogens with one attached hydrogen (secondary N) is 1. The fraction of sp³-hybridized carbons (Fsp3) is 0.429. The number of likely N-dealkylation sites (tertiary alicyclic amines) is 1. The first kappa shape index (κ1) is 17.8.